The van der Waals surface area contributed by atoms with Crippen molar-refractivity contribution in [3.63, 3.8) is 0 Å². The summed E-state index contributed by atoms with van der Waals surface area (Å²) in [5.74, 6) is 2.64. The summed E-state index contributed by atoms with van der Waals surface area (Å²) in [7, 11) is 3.77. The fourth-order valence-electron chi connectivity index (χ4n) is 2.54. The zero-order chi connectivity index (χ0) is 11.7. The number of rotatable bonds is 4. The van der Waals surface area contributed by atoms with E-state index in [0.29, 0.717) is 6.04 Å². The molecule has 0 heterocycles. The first-order valence-corrected chi connectivity index (χ1v) is 5.99. The van der Waals surface area contributed by atoms with E-state index in [1.807, 2.05) is 0 Å². The van der Waals surface area contributed by atoms with E-state index in [4.69, 9.17) is 4.74 Å². The fraction of sp³-hybridized carbons (Fsp3) is 0.571. The molecular formula is C14H21NO. The van der Waals surface area contributed by atoms with E-state index in [1.54, 1.807) is 7.11 Å². The van der Waals surface area contributed by atoms with Crippen LogP contribution in [0.15, 0.2) is 18.2 Å². The van der Waals surface area contributed by atoms with Crippen LogP contribution in [0.3, 0.4) is 0 Å². The molecule has 1 N–H and O–H groups in total. The highest BCUT2D eigenvalue weighted by Crippen LogP contribution is 2.47. The quantitative estimate of drug-likeness (QED) is 0.840. The van der Waals surface area contributed by atoms with E-state index >= 15 is 0 Å². The van der Waals surface area contributed by atoms with Crippen molar-refractivity contribution in [3.05, 3.63) is 29.3 Å². The van der Waals surface area contributed by atoms with Gasteiger partial charge in [-0.15, -0.1) is 0 Å². The van der Waals surface area contributed by atoms with Crippen molar-refractivity contribution < 1.29 is 4.74 Å². The van der Waals surface area contributed by atoms with Crippen LogP contribution < -0.4 is 10.1 Å². The lowest BCUT2D eigenvalue weighted by atomic mass is 9.99. The molecule has 0 bridgehead atoms. The highest BCUT2D eigenvalue weighted by atomic mass is 16.5. The zero-order valence-corrected chi connectivity index (χ0v) is 10.6. The van der Waals surface area contributed by atoms with E-state index in [1.165, 1.54) is 17.5 Å². The minimum atomic E-state index is 0.500. The van der Waals surface area contributed by atoms with E-state index in [2.05, 4.69) is 44.4 Å². The summed E-state index contributed by atoms with van der Waals surface area (Å²) in [5.41, 5.74) is 2.60. The largest absolute Gasteiger partial charge is 0.496 e. The minimum absolute atomic E-state index is 0.500. The Kier molecular flexibility index (Phi) is 3.20. The third-order valence-corrected chi connectivity index (χ3v) is 3.69. The molecule has 0 amide bonds. The number of ether oxygens (including phenoxy) is 1. The van der Waals surface area contributed by atoms with Gasteiger partial charge in [0.15, 0.2) is 0 Å². The molecule has 0 spiro atoms. The highest BCUT2D eigenvalue weighted by Gasteiger charge is 2.39. The molecule has 88 valence electrons. The summed E-state index contributed by atoms with van der Waals surface area (Å²) in [6, 6.07) is 6.99. The Bertz CT molecular complexity index is 375. The lowest BCUT2D eigenvalue weighted by Crippen LogP contribution is -2.19. The maximum absolute atomic E-state index is 5.29. The van der Waals surface area contributed by atoms with Crippen LogP contribution in [0.2, 0.25) is 0 Å². The molecule has 1 fully saturated rings. The van der Waals surface area contributed by atoms with Crippen molar-refractivity contribution in [1.82, 2.24) is 5.32 Å². The van der Waals surface area contributed by atoms with Crippen LogP contribution in [0.5, 0.6) is 5.75 Å². The standard InChI is InChI=1S/C14H21NO/c1-9-8-12(9)14(15-3)11-5-6-13(16-4)10(2)7-11/h5-7,9,12,14-15H,8H2,1-4H3. The Morgan fingerprint density at radius 2 is 2.12 bits per heavy atom. The first-order chi connectivity index (χ1) is 7.67. The number of nitrogens with one attached hydrogen (secondary N) is 1. The van der Waals surface area contributed by atoms with Gasteiger partial charge in [-0.2, -0.15) is 0 Å². The van der Waals surface area contributed by atoms with Gasteiger partial charge in [0, 0.05) is 6.04 Å². The maximum Gasteiger partial charge on any atom is 0.121 e. The van der Waals surface area contributed by atoms with Crippen molar-refractivity contribution in [2.75, 3.05) is 14.2 Å². The average molecular weight is 219 g/mol. The van der Waals surface area contributed by atoms with Crippen LogP contribution in [-0.2, 0) is 0 Å². The van der Waals surface area contributed by atoms with Gasteiger partial charge in [0.2, 0.25) is 0 Å². The van der Waals surface area contributed by atoms with E-state index in [9.17, 15) is 0 Å². The third kappa shape index (κ3) is 2.07. The first kappa shape index (κ1) is 11.5. The molecular weight excluding hydrogens is 198 g/mol. The van der Waals surface area contributed by atoms with Gasteiger partial charge in [-0.1, -0.05) is 19.1 Å². The van der Waals surface area contributed by atoms with Crippen molar-refractivity contribution >= 4 is 0 Å². The lowest BCUT2D eigenvalue weighted by molar-refractivity contribution is 0.410. The average Bonchev–Trinajstić information content (AvgIpc) is 2.97. The molecule has 0 aliphatic heterocycles. The van der Waals surface area contributed by atoms with Gasteiger partial charge in [-0.05, 0) is 49.4 Å². The summed E-state index contributed by atoms with van der Waals surface area (Å²) in [4.78, 5) is 0. The number of benzene rings is 1. The lowest BCUT2D eigenvalue weighted by Gasteiger charge is -2.18. The van der Waals surface area contributed by atoms with Crippen LogP contribution >= 0.6 is 0 Å². The monoisotopic (exact) mass is 219 g/mol. The normalized spacial score (nSPS) is 25.2. The maximum atomic E-state index is 5.29. The number of hydrogen-bond acceptors (Lipinski definition) is 2. The van der Waals surface area contributed by atoms with Gasteiger partial charge < -0.3 is 10.1 Å². The zero-order valence-electron chi connectivity index (χ0n) is 10.6. The van der Waals surface area contributed by atoms with Crippen LogP contribution in [0, 0.1) is 18.8 Å². The summed E-state index contributed by atoms with van der Waals surface area (Å²) < 4.78 is 5.29. The van der Waals surface area contributed by atoms with E-state index in [-0.39, 0.29) is 0 Å². The van der Waals surface area contributed by atoms with Gasteiger partial charge in [-0.3, -0.25) is 0 Å². The fourth-order valence-corrected chi connectivity index (χ4v) is 2.54. The third-order valence-electron chi connectivity index (χ3n) is 3.69. The topological polar surface area (TPSA) is 21.3 Å². The summed E-state index contributed by atoms with van der Waals surface area (Å²) in [6.45, 7) is 4.43. The van der Waals surface area contributed by atoms with Crippen molar-refractivity contribution in [2.45, 2.75) is 26.3 Å². The molecule has 0 aromatic heterocycles. The Morgan fingerprint density at radius 1 is 1.44 bits per heavy atom. The van der Waals surface area contributed by atoms with Crippen LogP contribution in [0.4, 0.5) is 0 Å². The predicted octanol–water partition coefficient (Wildman–Crippen LogP) is 2.92. The smallest absolute Gasteiger partial charge is 0.121 e. The number of methoxy groups -OCH3 is 1. The van der Waals surface area contributed by atoms with Crippen LogP contribution in [0.1, 0.15) is 30.5 Å². The summed E-state index contributed by atoms with van der Waals surface area (Å²) in [5, 5.41) is 3.43. The van der Waals surface area contributed by atoms with Gasteiger partial charge in [0.05, 0.1) is 7.11 Å². The Balaban J connectivity index is 2.22. The van der Waals surface area contributed by atoms with E-state index in [0.717, 1.165) is 17.6 Å². The molecule has 0 saturated heterocycles. The molecule has 2 heteroatoms. The molecule has 1 aliphatic rings. The van der Waals surface area contributed by atoms with Gasteiger partial charge in [0.1, 0.15) is 5.75 Å². The van der Waals surface area contributed by atoms with Crippen LogP contribution in [-0.4, -0.2) is 14.2 Å². The van der Waals surface area contributed by atoms with Crippen molar-refractivity contribution in [2.24, 2.45) is 11.8 Å². The second-order valence-electron chi connectivity index (χ2n) is 4.87. The SMILES string of the molecule is CNC(c1ccc(OC)c(C)c1)C1CC1C. The Labute approximate surface area is 98.0 Å². The van der Waals surface area contributed by atoms with Crippen LogP contribution in [0.25, 0.3) is 0 Å². The summed E-state index contributed by atoms with van der Waals surface area (Å²) in [6.07, 6.45) is 1.34. The Hall–Kier alpha value is -1.02. The first-order valence-electron chi connectivity index (χ1n) is 5.99. The molecule has 3 unspecified atom stereocenters. The Morgan fingerprint density at radius 3 is 2.56 bits per heavy atom. The molecule has 16 heavy (non-hydrogen) atoms. The molecule has 1 aliphatic carbocycles. The van der Waals surface area contributed by atoms with Gasteiger partial charge in [0.25, 0.3) is 0 Å². The number of aryl methyl sites for hydroxylation is 1. The second-order valence-corrected chi connectivity index (χ2v) is 4.87. The van der Waals surface area contributed by atoms with Crippen molar-refractivity contribution in [1.29, 1.82) is 0 Å². The molecule has 0 radical (unpaired) electrons. The second kappa shape index (κ2) is 4.46. The molecule has 1 aromatic rings. The molecule has 3 atom stereocenters. The minimum Gasteiger partial charge on any atom is -0.496 e. The van der Waals surface area contributed by atoms with E-state index < -0.39 is 0 Å². The molecule has 2 rings (SSSR count). The van der Waals surface area contributed by atoms with Crippen molar-refractivity contribution in [3.8, 4) is 5.75 Å². The summed E-state index contributed by atoms with van der Waals surface area (Å²) >= 11 is 0. The predicted molar refractivity (Wildman–Crippen MR) is 66.8 cm³/mol. The molecule has 1 saturated carbocycles. The highest BCUT2D eigenvalue weighted by molar-refractivity contribution is 5.38. The molecule has 1 aromatic carbocycles. The van der Waals surface area contributed by atoms with Gasteiger partial charge >= 0.3 is 0 Å². The molecule has 2 nitrogen and oxygen atoms in total. The van der Waals surface area contributed by atoms with Gasteiger partial charge in [-0.25, -0.2) is 0 Å². The number of hydrogen-bond donors (Lipinski definition) is 1.